The number of hydrogen-bond donors (Lipinski definition) is 1. The molecular weight excluding hydrogens is 232 g/mol. The van der Waals surface area contributed by atoms with Crippen molar-refractivity contribution in [2.45, 2.75) is 19.4 Å². The molecule has 1 aliphatic heterocycles. The lowest BCUT2D eigenvalue weighted by molar-refractivity contribution is 0.411. The Morgan fingerprint density at radius 3 is 3.06 bits per heavy atom. The Labute approximate surface area is 105 Å². The molecule has 0 aromatic carbocycles. The zero-order valence-corrected chi connectivity index (χ0v) is 10.7. The van der Waals surface area contributed by atoms with E-state index in [4.69, 9.17) is 0 Å². The first-order valence-electron chi connectivity index (χ1n) is 6.05. The van der Waals surface area contributed by atoms with Crippen molar-refractivity contribution >= 4 is 27.4 Å². The summed E-state index contributed by atoms with van der Waals surface area (Å²) in [6, 6.07) is 2.66. The summed E-state index contributed by atoms with van der Waals surface area (Å²) in [6.07, 6.45) is 2.83. The SMILES string of the molecule is CCCN(c1ncnc2ccsc12)C1CNC1. The highest BCUT2D eigenvalue weighted by Crippen LogP contribution is 2.29. The highest BCUT2D eigenvalue weighted by Gasteiger charge is 2.26. The molecule has 2 aromatic heterocycles. The van der Waals surface area contributed by atoms with Crippen molar-refractivity contribution in [2.75, 3.05) is 24.5 Å². The van der Waals surface area contributed by atoms with E-state index >= 15 is 0 Å². The second kappa shape index (κ2) is 4.58. The third-order valence-electron chi connectivity index (χ3n) is 3.16. The molecule has 4 nitrogen and oxygen atoms in total. The average molecular weight is 248 g/mol. The maximum absolute atomic E-state index is 4.50. The molecule has 0 radical (unpaired) electrons. The minimum Gasteiger partial charge on any atom is -0.350 e. The maximum atomic E-state index is 4.50. The van der Waals surface area contributed by atoms with Gasteiger partial charge in [-0.05, 0) is 17.9 Å². The van der Waals surface area contributed by atoms with Gasteiger partial charge in [0.15, 0.2) is 0 Å². The predicted octanol–water partition coefficient (Wildman–Crippen LogP) is 1.88. The fourth-order valence-electron chi connectivity index (χ4n) is 2.18. The normalized spacial score (nSPS) is 16.1. The summed E-state index contributed by atoms with van der Waals surface area (Å²) in [6.45, 7) is 5.41. The number of anilines is 1. The molecular formula is C12H16N4S. The number of thiophene rings is 1. The molecule has 1 saturated heterocycles. The van der Waals surface area contributed by atoms with Gasteiger partial charge >= 0.3 is 0 Å². The molecule has 1 fully saturated rings. The van der Waals surface area contributed by atoms with Gasteiger partial charge in [0.05, 0.1) is 16.3 Å². The molecule has 17 heavy (non-hydrogen) atoms. The van der Waals surface area contributed by atoms with Crippen molar-refractivity contribution in [1.82, 2.24) is 15.3 Å². The van der Waals surface area contributed by atoms with Gasteiger partial charge in [0, 0.05) is 19.6 Å². The zero-order valence-electron chi connectivity index (χ0n) is 9.89. The highest BCUT2D eigenvalue weighted by atomic mass is 32.1. The standard InChI is InChI=1S/C12H16N4S/c1-2-4-16(9-6-13-7-9)12-11-10(3-5-17-11)14-8-15-12/h3,5,8-9,13H,2,4,6-7H2,1H3. The molecule has 0 bridgehead atoms. The van der Waals surface area contributed by atoms with E-state index in [0.29, 0.717) is 6.04 Å². The summed E-state index contributed by atoms with van der Waals surface area (Å²) in [5.74, 6) is 1.11. The van der Waals surface area contributed by atoms with E-state index in [9.17, 15) is 0 Å². The van der Waals surface area contributed by atoms with Gasteiger partial charge < -0.3 is 10.2 Å². The number of nitrogens with one attached hydrogen (secondary N) is 1. The van der Waals surface area contributed by atoms with Crippen LogP contribution < -0.4 is 10.2 Å². The Balaban J connectivity index is 2.01. The van der Waals surface area contributed by atoms with E-state index in [2.05, 4.69) is 38.6 Å². The smallest absolute Gasteiger partial charge is 0.150 e. The van der Waals surface area contributed by atoms with Crippen molar-refractivity contribution in [2.24, 2.45) is 0 Å². The summed E-state index contributed by atoms with van der Waals surface area (Å²) < 4.78 is 1.22. The first-order valence-corrected chi connectivity index (χ1v) is 6.93. The third-order valence-corrected chi connectivity index (χ3v) is 4.06. The van der Waals surface area contributed by atoms with Gasteiger partial charge in [0.1, 0.15) is 12.1 Å². The third kappa shape index (κ3) is 1.89. The van der Waals surface area contributed by atoms with Gasteiger partial charge in [0.2, 0.25) is 0 Å². The van der Waals surface area contributed by atoms with Gasteiger partial charge in [-0.15, -0.1) is 11.3 Å². The van der Waals surface area contributed by atoms with E-state index in [1.54, 1.807) is 17.7 Å². The Bertz CT molecular complexity index is 506. The van der Waals surface area contributed by atoms with E-state index in [-0.39, 0.29) is 0 Å². The Morgan fingerprint density at radius 2 is 2.35 bits per heavy atom. The largest absolute Gasteiger partial charge is 0.350 e. The van der Waals surface area contributed by atoms with Gasteiger partial charge in [-0.2, -0.15) is 0 Å². The fourth-order valence-corrected chi connectivity index (χ4v) is 3.03. The van der Waals surface area contributed by atoms with Gasteiger partial charge in [-0.1, -0.05) is 6.92 Å². The number of rotatable bonds is 4. The van der Waals surface area contributed by atoms with Crippen LogP contribution in [-0.4, -0.2) is 35.6 Å². The molecule has 5 heteroatoms. The molecule has 0 unspecified atom stereocenters. The van der Waals surface area contributed by atoms with Crippen LogP contribution >= 0.6 is 11.3 Å². The second-order valence-corrected chi connectivity index (χ2v) is 5.25. The topological polar surface area (TPSA) is 41.1 Å². The second-order valence-electron chi connectivity index (χ2n) is 4.34. The summed E-state index contributed by atoms with van der Waals surface area (Å²) in [5.41, 5.74) is 1.06. The molecule has 0 spiro atoms. The lowest BCUT2D eigenvalue weighted by Gasteiger charge is -2.39. The van der Waals surface area contributed by atoms with Crippen LogP contribution in [0.15, 0.2) is 17.8 Å². The summed E-state index contributed by atoms with van der Waals surface area (Å²) in [5, 5.41) is 5.42. The Hall–Kier alpha value is -1.20. The van der Waals surface area contributed by atoms with Crippen LogP contribution in [0.5, 0.6) is 0 Å². The summed E-state index contributed by atoms with van der Waals surface area (Å²) in [7, 11) is 0. The van der Waals surface area contributed by atoms with Gasteiger partial charge in [-0.25, -0.2) is 9.97 Å². The summed E-state index contributed by atoms with van der Waals surface area (Å²) >= 11 is 1.73. The van der Waals surface area contributed by atoms with Crippen molar-refractivity contribution < 1.29 is 0 Å². The van der Waals surface area contributed by atoms with Crippen LogP contribution in [0.4, 0.5) is 5.82 Å². The molecule has 0 saturated carbocycles. The maximum Gasteiger partial charge on any atom is 0.150 e. The van der Waals surface area contributed by atoms with Gasteiger partial charge in [0.25, 0.3) is 0 Å². The quantitative estimate of drug-likeness (QED) is 0.897. The number of aromatic nitrogens is 2. The van der Waals surface area contributed by atoms with Crippen molar-refractivity contribution in [1.29, 1.82) is 0 Å². The molecule has 0 amide bonds. The Kier molecular flexibility index (Phi) is 2.94. The van der Waals surface area contributed by atoms with E-state index in [0.717, 1.165) is 37.4 Å². The molecule has 1 aliphatic rings. The molecule has 3 rings (SSSR count). The molecule has 0 atom stereocenters. The minimum atomic E-state index is 0.593. The lowest BCUT2D eigenvalue weighted by Crippen LogP contribution is -2.57. The molecule has 2 aromatic rings. The van der Waals surface area contributed by atoms with Crippen molar-refractivity contribution in [3.63, 3.8) is 0 Å². The van der Waals surface area contributed by atoms with Crippen LogP contribution in [0, 0.1) is 0 Å². The first-order chi connectivity index (χ1) is 8.40. The van der Waals surface area contributed by atoms with Crippen LogP contribution in [0.25, 0.3) is 10.2 Å². The number of fused-ring (bicyclic) bond motifs is 1. The molecule has 1 N–H and O–H groups in total. The minimum absolute atomic E-state index is 0.593. The van der Waals surface area contributed by atoms with E-state index in [1.165, 1.54) is 4.70 Å². The average Bonchev–Trinajstić information content (AvgIpc) is 2.73. The first kappa shape index (κ1) is 10.9. The Morgan fingerprint density at radius 1 is 1.47 bits per heavy atom. The monoisotopic (exact) mass is 248 g/mol. The van der Waals surface area contributed by atoms with Crippen LogP contribution in [-0.2, 0) is 0 Å². The van der Waals surface area contributed by atoms with E-state index < -0.39 is 0 Å². The van der Waals surface area contributed by atoms with Crippen molar-refractivity contribution in [3.05, 3.63) is 17.8 Å². The highest BCUT2D eigenvalue weighted by molar-refractivity contribution is 7.17. The van der Waals surface area contributed by atoms with Crippen LogP contribution in [0.3, 0.4) is 0 Å². The fraction of sp³-hybridized carbons (Fsp3) is 0.500. The van der Waals surface area contributed by atoms with Crippen LogP contribution in [0.2, 0.25) is 0 Å². The number of hydrogen-bond acceptors (Lipinski definition) is 5. The molecule has 3 heterocycles. The van der Waals surface area contributed by atoms with Crippen molar-refractivity contribution in [3.8, 4) is 0 Å². The molecule has 0 aliphatic carbocycles. The van der Waals surface area contributed by atoms with Crippen LogP contribution in [0.1, 0.15) is 13.3 Å². The predicted molar refractivity (Wildman–Crippen MR) is 71.7 cm³/mol. The number of nitrogens with zero attached hydrogens (tertiary/aromatic N) is 3. The van der Waals surface area contributed by atoms with Gasteiger partial charge in [-0.3, -0.25) is 0 Å². The lowest BCUT2D eigenvalue weighted by atomic mass is 10.1. The van der Waals surface area contributed by atoms with E-state index in [1.807, 2.05) is 0 Å². The zero-order chi connectivity index (χ0) is 11.7. The molecule has 90 valence electrons. The summed E-state index contributed by atoms with van der Waals surface area (Å²) in [4.78, 5) is 11.2.